The Hall–Kier alpha value is -2.00. The van der Waals surface area contributed by atoms with Gasteiger partial charge < -0.3 is 5.32 Å². The molecule has 0 aliphatic carbocycles. The highest BCUT2D eigenvalue weighted by molar-refractivity contribution is 7.91. The van der Waals surface area contributed by atoms with Crippen molar-refractivity contribution in [3.63, 3.8) is 0 Å². The van der Waals surface area contributed by atoms with Gasteiger partial charge in [-0.25, -0.2) is 13.1 Å². The monoisotopic (exact) mass is 341 g/mol. The predicted molar refractivity (Wildman–Crippen MR) is 78.7 cm³/mol. The van der Waals surface area contributed by atoms with Gasteiger partial charge in [-0.2, -0.15) is 0 Å². The maximum Gasteiger partial charge on any atom is 0.253 e. The van der Waals surface area contributed by atoms with E-state index in [9.17, 15) is 13.2 Å². The second-order valence-electron chi connectivity index (χ2n) is 4.99. The number of hydrogen-bond acceptors (Lipinski definition) is 6. The second kappa shape index (κ2) is 5.65. The molecule has 8 nitrogen and oxygen atoms in total. The van der Waals surface area contributed by atoms with Gasteiger partial charge in [0.2, 0.25) is 0 Å². The molecule has 1 atom stereocenters. The zero-order valence-electron chi connectivity index (χ0n) is 11.3. The molecule has 1 aliphatic rings. The number of carbonyl (C=O) groups excluding carboxylic acids is 1. The molecule has 1 fully saturated rings. The summed E-state index contributed by atoms with van der Waals surface area (Å²) in [4.78, 5) is 12.3. The van der Waals surface area contributed by atoms with Crippen molar-refractivity contribution in [2.75, 3.05) is 11.5 Å². The predicted octanol–water partition coefficient (Wildman–Crippen LogP) is 0.233. The molecule has 0 saturated carbocycles. The molecule has 0 unspecified atom stereocenters. The van der Waals surface area contributed by atoms with Crippen LogP contribution in [0.25, 0.3) is 5.69 Å². The Bertz CT molecular complexity index is 806. The summed E-state index contributed by atoms with van der Waals surface area (Å²) in [6.45, 7) is 0. The lowest BCUT2D eigenvalue weighted by molar-refractivity contribution is 0.0941. The zero-order chi connectivity index (χ0) is 15.7. The number of aromatic nitrogens is 4. The number of carbonyl (C=O) groups is 1. The molecule has 2 heterocycles. The maximum absolute atomic E-state index is 12.3. The second-order valence-corrected chi connectivity index (χ2v) is 7.63. The largest absolute Gasteiger partial charge is 0.348 e. The number of nitrogens with one attached hydrogen (secondary N) is 1. The SMILES string of the molecule is O=C(N[C@@H]1CCS(=O)(=O)C1)c1cc(-n2cnnn2)ccc1Cl. The van der Waals surface area contributed by atoms with Crippen LogP contribution in [0.15, 0.2) is 24.5 Å². The lowest BCUT2D eigenvalue weighted by Gasteiger charge is -2.12. The summed E-state index contributed by atoms with van der Waals surface area (Å²) in [6.07, 6.45) is 1.81. The number of hydrogen-bond donors (Lipinski definition) is 1. The van der Waals surface area contributed by atoms with Gasteiger partial charge in [-0.05, 0) is 35.0 Å². The molecule has 1 saturated heterocycles. The first kappa shape index (κ1) is 14.9. The van der Waals surface area contributed by atoms with Gasteiger partial charge in [0.25, 0.3) is 5.91 Å². The Kier molecular flexibility index (Phi) is 3.83. The van der Waals surface area contributed by atoms with E-state index in [1.807, 2.05) is 0 Å². The molecule has 2 aromatic rings. The van der Waals surface area contributed by atoms with E-state index in [2.05, 4.69) is 20.8 Å². The highest BCUT2D eigenvalue weighted by atomic mass is 35.5. The Morgan fingerprint density at radius 3 is 2.86 bits per heavy atom. The van der Waals surface area contributed by atoms with Gasteiger partial charge in [0.1, 0.15) is 6.33 Å². The summed E-state index contributed by atoms with van der Waals surface area (Å²) in [7, 11) is -3.06. The normalized spacial score (nSPS) is 20.0. The van der Waals surface area contributed by atoms with Crippen LogP contribution >= 0.6 is 11.6 Å². The lowest BCUT2D eigenvalue weighted by Crippen LogP contribution is -2.35. The van der Waals surface area contributed by atoms with Crippen molar-refractivity contribution in [2.24, 2.45) is 0 Å². The van der Waals surface area contributed by atoms with E-state index < -0.39 is 15.7 Å². The minimum absolute atomic E-state index is 0.0386. The highest BCUT2D eigenvalue weighted by Crippen LogP contribution is 2.20. The average Bonchev–Trinajstić information content (AvgIpc) is 3.09. The molecular formula is C12H12ClN5O3S. The quantitative estimate of drug-likeness (QED) is 0.856. The first-order chi connectivity index (χ1) is 10.4. The van der Waals surface area contributed by atoms with Crippen molar-refractivity contribution in [3.05, 3.63) is 35.1 Å². The summed E-state index contributed by atoms with van der Waals surface area (Å²) < 4.78 is 24.3. The summed E-state index contributed by atoms with van der Waals surface area (Å²) >= 11 is 6.05. The van der Waals surface area contributed by atoms with Crippen LogP contribution in [0.3, 0.4) is 0 Å². The van der Waals surface area contributed by atoms with Gasteiger partial charge in [0.15, 0.2) is 9.84 Å². The Balaban J connectivity index is 1.82. The van der Waals surface area contributed by atoms with Gasteiger partial charge in [-0.3, -0.25) is 4.79 Å². The summed E-state index contributed by atoms with van der Waals surface area (Å²) in [5, 5.41) is 13.8. The molecule has 22 heavy (non-hydrogen) atoms. The van der Waals surface area contributed by atoms with Gasteiger partial charge in [-0.1, -0.05) is 11.6 Å². The van der Waals surface area contributed by atoms with Gasteiger partial charge >= 0.3 is 0 Å². The fraction of sp³-hybridized carbons (Fsp3) is 0.333. The molecular weight excluding hydrogens is 330 g/mol. The lowest BCUT2D eigenvalue weighted by atomic mass is 10.1. The van der Waals surface area contributed by atoms with Crippen molar-refractivity contribution in [1.82, 2.24) is 25.5 Å². The third-order valence-corrected chi connectivity index (χ3v) is 5.47. The molecule has 116 valence electrons. The topological polar surface area (TPSA) is 107 Å². The molecule has 0 spiro atoms. The van der Waals surface area contributed by atoms with E-state index in [0.29, 0.717) is 12.1 Å². The standard InChI is InChI=1S/C12H12ClN5O3S/c13-11-2-1-9(18-7-14-16-17-18)5-10(11)12(19)15-8-3-4-22(20,21)6-8/h1-2,5,7-8H,3-4,6H2,(H,15,19)/t8-/m1/s1. The number of nitrogens with zero attached hydrogens (tertiary/aromatic N) is 4. The van der Waals surface area contributed by atoms with Crippen LogP contribution in [0, 0.1) is 0 Å². The van der Waals surface area contributed by atoms with Gasteiger partial charge in [0.05, 0.1) is 27.8 Å². The van der Waals surface area contributed by atoms with E-state index in [1.54, 1.807) is 18.2 Å². The average molecular weight is 342 g/mol. The number of sulfone groups is 1. The fourth-order valence-electron chi connectivity index (χ4n) is 2.28. The van der Waals surface area contributed by atoms with Crippen molar-refractivity contribution in [2.45, 2.75) is 12.5 Å². The Morgan fingerprint density at radius 1 is 1.41 bits per heavy atom. The highest BCUT2D eigenvalue weighted by Gasteiger charge is 2.29. The smallest absolute Gasteiger partial charge is 0.253 e. The van der Waals surface area contributed by atoms with Crippen LogP contribution in [-0.2, 0) is 9.84 Å². The van der Waals surface area contributed by atoms with Crippen molar-refractivity contribution in [3.8, 4) is 5.69 Å². The van der Waals surface area contributed by atoms with E-state index >= 15 is 0 Å². The molecule has 0 radical (unpaired) electrons. The van der Waals surface area contributed by atoms with E-state index in [-0.39, 0.29) is 28.1 Å². The molecule has 1 N–H and O–H groups in total. The molecule has 1 aromatic heterocycles. The minimum Gasteiger partial charge on any atom is -0.348 e. The van der Waals surface area contributed by atoms with Gasteiger partial charge in [-0.15, -0.1) is 5.10 Å². The third kappa shape index (κ3) is 3.09. The van der Waals surface area contributed by atoms with E-state index in [0.717, 1.165) is 0 Å². The Morgan fingerprint density at radius 2 is 2.23 bits per heavy atom. The number of halogens is 1. The van der Waals surface area contributed by atoms with Crippen LogP contribution in [0.4, 0.5) is 0 Å². The summed E-state index contributed by atoms with van der Waals surface area (Å²) in [5.74, 6) is -0.360. The Labute approximate surface area is 131 Å². The van der Waals surface area contributed by atoms with Crippen LogP contribution < -0.4 is 5.32 Å². The first-order valence-corrected chi connectivity index (χ1v) is 8.69. The first-order valence-electron chi connectivity index (χ1n) is 6.49. The molecule has 1 aromatic carbocycles. The van der Waals surface area contributed by atoms with Crippen LogP contribution in [0.1, 0.15) is 16.8 Å². The van der Waals surface area contributed by atoms with E-state index in [4.69, 9.17) is 11.6 Å². The van der Waals surface area contributed by atoms with E-state index in [1.165, 1.54) is 11.0 Å². The maximum atomic E-state index is 12.3. The fourth-order valence-corrected chi connectivity index (χ4v) is 4.16. The number of tetrazole rings is 1. The summed E-state index contributed by atoms with van der Waals surface area (Å²) in [5.41, 5.74) is 0.831. The molecule has 1 aliphatic heterocycles. The zero-order valence-corrected chi connectivity index (χ0v) is 12.9. The summed E-state index contributed by atoms with van der Waals surface area (Å²) in [6, 6.07) is 4.41. The van der Waals surface area contributed by atoms with Gasteiger partial charge in [0, 0.05) is 6.04 Å². The van der Waals surface area contributed by atoms with Crippen molar-refractivity contribution in [1.29, 1.82) is 0 Å². The van der Waals surface area contributed by atoms with Crippen molar-refractivity contribution < 1.29 is 13.2 Å². The van der Waals surface area contributed by atoms with Crippen LogP contribution in [0.2, 0.25) is 5.02 Å². The van der Waals surface area contributed by atoms with Crippen LogP contribution in [0.5, 0.6) is 0 Å². The minimum atomic E-state index is -3.06. The molecule has 0 bridgehead atoms. The number of benzene rings is 1. The molecule has 1 amide bonds. The number of amides is 1. The van der Waals surface area contributed by atoms with Crippen LogP contribution in [-0.4, -0.2) is 52.1 Å². The molecule has 3 rings (SSSR count). The number of rotatable bonds is 3. The van der Waals surface area contributed by atoms with Crippen molar-refractivity contribution >= 4 is 27.3 Å². The molecule has 10 heteroatoms. The third-order valence-electron chi connectivity index (χ3n) is 3.38.